The van der Waals surface area contributed by atoms with Crippen LogP contribution >= 0.6 is 21.6 Å². The van der Waals surface area contributed by atoms with Crippen LogP contribution in [-0.4, -0.2) is 35.2 Å². The molecule has 0 spiro atoms. The second-order valence-electron chi connectivity index (χ2n) is 2.21. The van der Waals surface area contributed by atoms with Gasteiger partial charge in [0.2, 0.25) is 0 Å². The Morgan fingerprint density at radius 1 is 1.54 bits per heavy atom. The van der Waals surface area contributed by atoms with Crippen LogP contribution in [-0.2, 0) is 14.3 Å². The van der Waals surface area contributed by atoms with Crippen molar-refractivity contribution in [3.05, 3.63) is 0 Å². The smallest absolute Gasteiger partial charge is 0.345 e. The molecule has 0 rings (SSSR count). The molecule has 0 aromatic rings. The number of carbonyl (C=O) groups excluding carboxylic acids is 1. The first-order chi connectivity index (χ1) is 6.07. The van der Waals surface area contributed by atoms with Crippen molar-refractivity contribution in [2.75, 3.05) is 12.0 Å². The van der Waals surface area contributed by atoms with Crippen molar-refractivity contribution in [2.24, 2.45) is 0 Å². The second kappa shape index (κ2) is 7.08. The summed E-state index contributed by atoms with van der Waals surface area (Å²) in [5.41, 5.74) is 0. The molecule has 0 heterocycles. The van der Waals surface area contributed by atoms with E-state index in [2.05, 4.69) is 4.74 Å². The van der Waals surface area contributed by atoms with Crippen LogP contribution in [0.5, 0.6) is 0 Å². The summed E-state index contributed by atoms with van der Waals surface area (Å²) in [6, 6.07) is 0. The van der Waals surface area contributed by atoms with Crippen LogP contribution in [0.25, 0.3) is 0 Å². The Morgan fingerprint density at radius 3 is 2.54 bits per heavy atom. The number of carboxylic acids is 1. The quantitative estimate of drug-likeness (QED) is 0.418. The van der Waals surface area contributed by atoms with Gasteiger partial charge in [0.15, 0.2) is 6.10 Å². The number of hydrogen-bond donors (Lipinski definition) is 1. The fourth-order valence-corrected chi connectivity index (χ4v) is 1.94. The highest BCUT2D eigenvalue weighted by Gasteiger charge is 2.19. The number of ether oxygens (including phenoxy) is 1. The zero-order chi connectivity index (χ0) is 10.3. The number of hydrogen-bond acceptors (Lipinski definition) is 5. The number of carbonyl (C=O) groups is 2. The first-order valence-corrected chi connectivity index (χ1v) is 6.36. The molecule has 6 heteroatoms. The summed E-state index contributed by atoms with van der Waals surface area (Å²) in [5.74, 6) is -0.982. The van der Waals surface area contributed by atoms with Gasteiger partial charge in [-0.25, -0.2) is 4.79 Å². The predicted octanol–water partition coefficient (Wildman–Crippen LogP) is 1.40. The van der Waals surface area contributed by atoms with Crippen LogP contribution in [0, 0.1) is 0 Å². The van der Waals surface area contributed by atoms with Gasteiger partial charge < -0.3 is 9.84 Å². The van der Waals surface area contributed by atoms with Gasteiger partial charge in [-0.1, -0.05) is 21.6 Å². The minimum absolute atomic E-state index is 0.348. The van der Waals surface area contributed by atoms with Gasteiger partial charge in [0.1, 0.15) is 0 Å². The average molecular weight is 224 g/mol. The van der Waals surface area contributed by atoms with E-state index in [4.69, 9.17) is 5.11 Å². The zero-order valence-corrected chi connectivity index (χ0v) is 9.11. The minimum Gasteiger partial charge on any atom is -0.479 e. The average Bonchev–Trinajstić information content (AvgIpc) is 2.02. The third-order valence-electron chi connectivity index (χ3n) is 1.16. The van der Waals surface area contributed by atoms with E-state index in [0.717, 1.165) is 0 Å². The molecule has 0 aliphatic carbocycles. The number of rotatable bonds is 6. The Labute approximate surface area is 84.8 Å². The molecule has 1 atom stereocenters. The van der Waals surface area contributed by atoms with E-state index < -0.39 is 18.0 Å². The molecule has 4 nitrogen and oxygen atoms in total. The highest BCUT2D eigenvalue weighted by Crippen LogP contribution is 2.19. The maximum Gasteiger partial charge on any atom is 0.345 e. The lowest BCUT2D eigenvalue weighted by Crippen LogP contribution is -2.26. The lowest BCUT2D eigenvalue weighted by molar-refractivity contribution is -0.162. The Balaban J connectivity index is 3.81. The van der Waals surface area contributed by atoms with Crippen LogP contribution in [0.2, 0.25) is 0 Å². The lowest BCUT2D eigenvalue weighted by Gasteiger charge is -2.11. The van der Waals surface area contributed by atoms with Gasteiger partial charge in [0.05, 0.1) is 0 Å². The molecule has 0 bridgehead atoms. The highest BCUT2D eigenvalue weighted by molar-refractivity contribution is 8.76. The monoisotopic (exact) mass is 224 g/mol. The number of esters is 1. The molecule has 0 aliphatic rings. The molecule has 0 amide bonds. The zero-order valence-electron chi connectivity index (χ0n) is 7.48. The fraction of sp³-hybridized carbons (Fsp3) is 0.714. The van der Waals surface area contributed by atoms with Crippen molar-refractivity contribution in [3.63, 3.8) is 0 Å². The molecular formula is C7H12O4S2. The SMILES string of the molecule is CSSCCC(OC(C)=O)C(=O)O. The Kier molecular flexibility index (Phi) is 6.89. The molecule has 0 aromatic carbocycles. The van der Waals surface area contributed by atoms with Crippen molar-refractivity contribution in [1.29, 1.82) is 0 Å². The van der Waals surface area contributed by atoms with Gasteiger partial charge in [0, 0.05) is 19.1 Å². The molecule has 0 fully saturated rings. The van der Waals surface area contributed by atoms with E-state index in [0.29, 0.717) is 12.2 Å². The maximum atomic E-state index is 10.5. The molecule has 1 unspecified atom stereocenters. The van der Waals surface area contributed by atoms with Crippen LogP contribution < -0.4 is 0 Å². The van der Waals surface area contributed by atoms with E-state index in [-0.39, 0.29) is 0 Å². The Morgan fingerprint density at radius 2 is 2.15 bits per heavy atom. The van der Waals surface area contributed by atoms with Crippen LogP contribution in [0.1, 0.15) is 13.3 Å². The summed E-state index contributed by atoms with van der Waals surface area (Å²) in [4.78, 5) is 21.0. The van der Waals surface area contributed by atoms with Crippen molar-refractivity contribution >= 4 is 33.5 Å². The number of carboxylic acid groups (broad SMARTS) is 1. The molecule has 0 aliphatic heterocycles. The van der Waals surface area contributed by atoms with Gasteiger partial charge in [0.25, 0.3) is 0 Å². The summed E-state index contributed by atoms with van der Waals surface area (Å²) >= 11 is 0. The highest BCUT2D eigenvalue weighted by atomic mass is 33.1. The topological polar surface area (TPSA) is 63.6 Å². The summed E-state index contributed by atoms with van der Waals surface area (Å²) < 4.78 is 4.60. The summed E-state index contributed by atoms with van der Waals surface area (Å²) in [6.07, 6.45) is 1.25. The lowest BCUT2D eigenvalue weighted by atomic mass is 10.3. The normalized spacial score (nSPS) is 12.2. The number of aliphatic carboxylic acids is 1. The van der Waals surface area contributed by atoms with Crippen LogP contribution in [0.4, 0.5) is 0 Å². The first kappa shape index (κ1) is 12.6. The Hall–Kier alpha value is -0.360. The van der Waals surface area contributed by atoms with Gasteiger partial charge in [-0.2, -0.15) is 0 Å². The van der Waals surface area contributed by atoms with Crippen LogP contribution in [0.15, 0.2) is 0 Å². The molecule has 0 saturated heterocycles. The second-order valence-corrected chi connectivity index (χ2v) is 4.90. The van der Waals surface area contributed by atoms with Gasteiger partial charge in [-0.05, 0) is 6.26 Å². The van der Waals surface area contributed by atoms with Crippen molar-refractivity contribution in [2.45, 2.75) is 19.4 Å². The van der Waals surface area contributed by atoms with Crippen molar-refractivity contribution in [3.8, 4) is 0 Å². The first-order valence-electron chi connectivity index (χ1n) is 3.63. The van der Waals surface area contributed by atoms with Gasteiger partial charge >= 0.3 is 11.9 Å². The molecule has 13 heavy (non-hydrogen) atoms. The molecule has 0 radical (unpaired) electrons. The summed E-state index contributed by atoms with van der Waals surface area (Å²) in [6.45, 7) is 1.21. The standard InChI is InChI=1S/C7H12O4S2/c1-5(8)11-6(7(9)10)3-4-13-12-2/h6H,3-4H2,1-2H3,(H,9,10). The largest absolute Gasteiger partial charge is 0.479 e. The molecule has 1 N–H and O–H groups in total. The molecule has 0 saturated carbocycles. The van der Waals surface area contributed by atoms with E-state index >= 15 is 0 Å². The molecular weight excluding hydrogens is 212 g/mol. The van der Waals surface area contributed by atoms with Crippen LogP contribution in [0.3, 0.4) is 0 Å². The van der Waals surface area contributed by atoms with Gasteiger partial charge in [-0.15, -0.1) is 0 Å². The molecule has 0 aromatic heterocycles. The third-order valence-corrected chi connectivity index (χ3v) is 3.01. The maximum absolute atomic E-state index is 10.5. The van der Waals surface area contributed by atoms with E-state index in [1.165, 1.54) is 6.92 Å². The summed E-state index contributed by atoms with van der Waals surface area (Å²) in [5, 5.41) is 8.63. The predicted molar refractivity (Wildman–Crippen MR) is 53.8 cm³/mol. The van der Waals surface area contributed by atoms with E-state index in [9.17, 15) is 9.59 Å². The van der Waals surface area contributed by atoms with Crippen molar-refractivity contribution < 1.29 is 19.4 Å². The minimum atomic E-state index is -1.09. The van der Waals surface area contributed by atoms with Crippen molar-refractivity contribution in [1.82, 2.24) is 0 Å². The van der Waals surface area contributed by atoms with Gasteiger partial charge in [-0.3, -0.25) is 4.79 Å². The Bertz CT molecular complexity index is 183. The van der Waals surface area contributed by atoms with E-state index in [1.54, 1.807) is 21.6 Å². The van der Waals surface area contributed by atoms with E-state index in [1.807, 2.05) is 6.26 Å². The summed E-state index contributed by atoms with van der Waals surface area (Å²) in [7, 11) is 3.10. The molecule has 76 valence electrons. The fourth-order valence-electron chi connectivity index (χ4n) is 0.672. The third kappa shape index (κ3) is 6.77.